The third kappa shape index (κ3) is 4.58. The van der Waals surface area contributed by atoms with E-state index in [-0.39, 0.29) is 12.0 Å². The molecule has 0 aliphatic carbocycles. The number of methoxy groups -OCH3 is 1. The summed E-state index contributed by atoms with van der Waals surface area (Å²) in [6, 6.07) is 16.6. The van der Waals surface area contributed by atoms with Crippen LogP contribution in [0.2, 0.25) is 0 Å². The lowest BCUT2D eigenvalue weighted by Crippen LogP contribution is -2.30. The molecule has 2 aliphatic heterocycles. The Labute approximate surface area is 199 Å². The van der Waals surface area contributed by atoms with Crippen molar-refractivity contribution in [1.82, 2.24) is 5.32 Å². The first-order valence-corrected chi connectivity index (χ1v) is 12.0. The van der Waals surface area contributed by atoms with Crippen LogP contribution in [0.4, 0.5) is 0 Å². The SMILES string of the molecule is COC(=O)C1=C(C)NC2=C(C(=O)OC2)C1c1ccccc1SCc1ccc(C(C)(C)C)cc1. The molecule has 1 unspecified atom stereocenters. The van der Waals surface area contributed by atoms with Crippen LogP contribution in [0.5, 0.6) is 0 Å². The van der Waals surface area contributed by atoms with Crippen molar-refractivity contribution in [3.8, 4) is 0 Å². The van der Waals surface area contributed by atoms with Crippen LogP contribution in [-0.2, 0) is 30.2 Å². The Balaban J connectivity index is 1.68. The molecular formula is C27H29NO4S. The molecule has 2 aromatic rings. The number of esters is 2. The molecule has 2 aliphatic rings. The van der Waals surface area contributed by atoms with E-state index in [1.807, 2.05) is 31.2 Å². The minimum Gasteiger partial charge on any atom is -0.466 e. The van der Waals surface area contributed by atoms with Crippen molar-refractivity contribution >= 4 is 23.7 Å². The molecule has 1 N–H and O–H groups in total. The minimum atomic E-state index is -0.532. The van der Waals surface area contributed by atoms with Crippen molar-refractivity contribution in [2.24, 2.45) is 0 Å². The Morgan fingerprint density at radius 2 is 1.85 bits per heavy atom. The summed E-state index contributed by atoms with van der Waals surface area (Å²) in [7, 11) is 1.36. The number of cyclic esters (lactones) is 1. The maximum absolute atomic E-state index is 12.8. The van der Waals surface area contributed by atoms with E-state index in [1.54, 1.807) is 11.8 Å². The summed E-state index contributed by atoms with van der Waals surface area (Å²) in [5, 5.41) is 3.17. The van der Waals surface area contributed by atoms with E-state index >= 15 is 0 Å². The lowest BCUT2D eigenvalue weighted by atomic mass is 9.81. The van der Waals surface area contributed by atoms with E-state index in [0.717, 1.165) is 16.2 Å². The number of dihydropyridines is 1. The molecule has 2 heterocycles. The number of benzene rings is 2. The minimum absolute atomic E-state index is 0.114. The van der Waals surface area contributed by atoms with E-state index in [9.17, 15) is 9.59 Å². The number of ether oxygens (including phenoxy) is 2. The van der Waals surface area contributed by atoms with Crippen molar-refractivity contribution in [3.05, 3.63) is 87.8 Å². The zero-order valence-electron chi connectivity index (χ0n) is 19.7. The zero-order valence-corrected chi connectivity index (χ0v) is 20.5. The number of hydrogen-bond acceptors (Lipinski definition) is 6. The average Bonchev–Trinajstić information content (AvgIpc) is 3.16. The largest absolute Gasteiger partial charge is 0.466 e. The predicted octanol–water partition coefficient (Wildman–Crippen LogP) is 5.22. The molecule has 33 heavy (non-hydrogen) atoms. The van der Waals surface area contributed by atoms with Crippen LogP contribution in [-0.4, -0.2) is 25.7 Å². The lowest BCUT2D eigenvalue weighted by Gasteiger charge is -2.28. The Bertz CT molecular complexity index is 1160. The van der Waals surface area contributed by atoms with Crippen LogP contribution < -0.4 is 5.32 Å². The van der Waals surface area contributed by atoms with Crippen LogP contribution in [0.1, 0.15) is 50.3 Å². The van der Waals surface area contributed by atoms with Gasteiger partial charge in [0.05, 0.1) is 29.9 Å². The topological polar surface area (TPSA) is 64.6 Å². The summed E-state index contributed by atoms with van der Waals surface area (Å²) in [5.74, 6) is -0.600. The smallest absolute Gasteiger partial charge is 0.337 e. The standard InChI is InChI=1S/C27H29NO4S/c1-16-22(25(29)31-5)23(24-20(28-16)14-32-26(24)30)19-8-6-7-9-21(19)33-15-17-10-12-18(13-11-17)27(2,3)4/h6-13,23,28H,14-15H2,1-5H3. The summed E-state index contributed by atoms with van der Waals surface area (Å²) in [4.78, 5) is 26.4. The van der Waals surface area contributed by atoms with Gasteiger partial charge in [-0.3, -0.25) is 0 Å². The molecule has 4 rings (SSSR count). The fourth-order valence-electron chi connectivity index (χ4n) is 4.27. The quantitative estimate of drug-likeness (QED) is 0.484. The monoisotopic (exact) mass is 463 g/mol. The van der Waals surface area contributed by atoms with Crippen molar-refractivity contribution < 1.29 is 19.1 Å². The van der Waals surface area contributed by atoms with Crippen LogP contribution >= 0.6 is 11.8 Å². The second kappa shape index (κ2) is 9.10. The molecule has 6 heteroatoms. The maximum atomic E-state index is 12.8. The van der Waals surface area contributed by atoms with Gasteiger partial charge in [-0.25, -0.2) is 9.59 Å². The summed E-state index contributed by atoms with van der Waals surface area (Å²) >= 11 is 1.70. The fraction of sp³-hybridized carbons (Fsp3) is 0.333. The summed E-state index contributed by atoms with van der Waals surface area (Å²) < 4.78 is 10.4. The number of hydrogen-bond donors (Lipinski definition) is 1. The molecule has 1 atom stereocenters. The van der Waals surface area contributed by atoms with E-state index in [2.05, 4.69) is 50.4 Å². The van der Waals surface area contributed by atoms with Gasteiger partial charge in [0.15, 0.2) is 0 Å². The van der Waals surface area contributed by atoms with Crippen LogP contribution in [0, 0.1) is 0 Å². The van der Waals surface area contributed by atoms with E-state index < -0.39 is 17.9 Å². The van der Waals surface area contributed by atoms with E-state index in [0.29, 0.717) is 22.5 Å². The van der Waals surface area contributed by atoms with Gasteiger partial charge >= 0.3 is 11.9 Å². The van der Waals surface area contributed by atoms with Gasteiger partial charge in [0.25, 0.3) is 0 Å². The summed E-state index contributed by atoms with van der Waals surface area (Å²) in [6.45, 7) is 8.64. The van der Waals surface area contributed by atoms with Gasteiger partial charge < -0.3 is 14.8 Å². The van der Waals surface area contributed by atoms with Crippen LogP contribution in [0.25, 0.3) is 0 Å². The Morgan fingerprint density at radius 1 is 1.15 bits per heavy atom. The molecule has 172 valence electrons. The fourth-order valence-corrected chi connectivity index (χ4v) is 5.31. The van der Waals surface area contributed by atoms with Gasteiger partial charge in [0, 0.05) is 16.3 Å². The molecule has 0 radical (unpaired) electrons. The molecule has 2 aromatic carbocycles. The first kappa shape index (κ1) is 23.2. The number of thioether (sulfide) groups is 1. The average molecular weight is 464 g/mol. The van der Waals surface area contributed by atoms with Gasteiger partial charge in [-0.05, 0) is 35.1 Å². The van der Waals surface area contributed by atoms with Gasteiger partial charge in [0.1, 0.15) is 6.61 Å². The first-order valence-electron chi connectivity index (χ1n) is 11.0. The number of allylic oxidation sites excluding steroid dienone is 1. The Kier molecular flexibility index (Phi) is 6.39. The summed E-state index contributed by atoms with van der Waals surface area (Å²) in [6.07, 6.45) is 0. The number of carbonyl (C=O) groups excluding carboxylic acids is 2. The molecule has 0 saturated carbocycles. The lowest BCUT2D eigenvalue weighted by molar-refractivity contribution is -0.136. The highest BCUT2D eigenvalue weighted by Crippen LogP contribution is 2.44. The van der Waals surface area contributed by atoms with Crippen LogP contribution in [0.15, 0.2) is 76.0 Å². The molecule has 0 amide bonds. The van der Waals surface area contributed by atoms with Crippen molar-refractivity contribution in [2.75, 3.05) is 13.7 Å². The number of rotatable bonds is 5. The van der Waals surface area contributed by atoms with E-state index in [4.69, 9.17) is 9.47 Å². The Hall–Kier alpha value is -2.99. The summed E-state index contributed by atoms with van der Waals surface area (Å²) in [5.41, 5.74) is 5.86. The van der Waals surface area contributed by atoms with Crippen molar-refractivity contribution in [1.29, 1.82) is 0 Å². The van der Waals surface area contributed by atoms with Gasteiger partial charge in [-0.2, -0.15) is 0 Å². The van der Waals surface area contributed by atoms with Gasteiger partial charge in [-0.1, -0.05) is 63.2 Å². The van der Waals surface area contributed by atoms with Crippen molar-refractivity contribution in [2.45, 2.75) is 49.7 Å². The highest BCUT2D eigenvalue weighted by Gasteiger charge is 2.42. The van der Waals surface area contributed by atoms with Gasteiger partial charge in [0.2, 0.25) is 0 Å². The highest BCUT2D eigenvalue weighted by molar-refractivity contribution is 7.98. The number of nitrogens with one attached hydrogen (secondary N) is 1. The molecule has 0 spiro atoms. The maximum Gasteiger partial charge on any atom is 0.337 e. The first-order chi connectivity index (χ1) is 15.7. The zero-order chi connectivity index (χ0) is 23.8. The van der Waals surface area contributed by atoms with E-state index in [1.165, 1.54) is 18.2 Å². The molecule has 0 aromatic heterocycles. The molecular weight excluding hydrogens is 434 g/mol. The molecule has 0 saturated heterocycles. The molecule has 0 fully saturated rings. The molecule has 0 bridgehead atoms. The third-order valence-electron chi connectivity index (χ3n) is 6.06. The third-order valence-corrected chi connectivity index (χ3v) is 7.22. The second-order valence-corrected chi connectivity index (χ2v) is 10.3. The van der Waals surface area contributed by atoms with Gasteiger partial charge in [-0.15, -0.1) is 11.8 Å². The van der Waals surface area contributed by atoms with Crippen LogP contribution in [0.3, 0.4) is 0 Å². The predicted molar refractivity (Wildman–Crippen MR) is 130 cm³/mol. The number of carbonyl (C=O) groups is 2. The molecule has 5 nitrogen and oxygen atoms in total. The second-order valence-electron chi connectivity index (χ2n) is 9.33. The normalized spacial score (nSPS) is 18.1. The van der Waals surface area contributed by atoms with Crippen molar-refractivity contribution in [3.63, 3.8) is 0 Å². The Morgan fingerprint density at radius 3 is 2.52 bits per heavy atom. The highest BCUT2D eigenvalue weighted by atomic mass is 32.2.